The van der Waals surface area contributed by atoms with Gasteiger partial charge in [-0.25, -0.2) is 0 Å². The fourth-order valence-electron chi connectivity index (χ4n) is 3.44. The Morgan fingerprint density at radius 3 is 2.53 bits per heavy atom. The molecule has 2 aliphatic rings. The van der Waals surface area contributed by atoms with Crippen LogP contribution in [0.2, 0.25) is 0 Å². The molecule has 0 aliphatic heterocycles. The highest BCUT2D eigenvalue weighted by Crippen LogP contribution is 2.48. The smallest absolute Gasteiger partial charge is 0.307 e. The summed E-state index contributed by atoms with van der Waals surface area (Å²) in [5, 5.41) is 12.3. The summed E-state index contributed by atoms with van der Waals surface area (Å²) >= 11 is 0. The number of aliphatic carboxylic acids is 1. The van der Waals surface area contributed by atoms with Gasteiger partial charge < -0.3 is 10.4 Å². The van der Waals surface area contributed by atoms with E-state index in [1.165, 1.54) is 0 Å². The Hall–Kier alpha value is -1.32. The Morgan fingerprint density at radius 1 is 1.32 bits per heavy atom. The second kappa shape index (κ2) is 5.76. The highest BCUT2D eigenvalue weighted by Gasteiger charge is 2.51. The Morgan fingerprint density at radius 2 is 1.95 bits per heavy atom. The van der Waals surface area contributed by atoms with Gasteiger partial charge in [-0.2, -0.15) is 0 Å². The molecule has 1 fully saturated rings. The van der Waals surface area contributed by atoms with Crippen molar-refractivity contribution in [2.24, 2.45) is 23.7 Å². The molecule has 4 heteroatoms. The molecule has 0 saturated heterocycles. The van der Waals surface area contributed by atoms with E-state index in [0.29, 0.717) is 0 Å². The largest absolute Gasteiger partial charge is 0.481 e. The first kappa shape index (κ1) is 14.1. The van der Waals surface area contributed by atoms with E-state index in [-0.39, 0.29) is 29.7 Å². The molecule has 4 nitrogen and oxygen atoms in total. The van der Waals surface area contributed by atoms with Gasteiger partial charge in [-0.3, -0.25) is 9.59 Å². The third-order valence-corrected chi connectivity index (χ3v) is 4.43. The van der Waals surface area contributed by atoms with Crippen LogP contribution in [0.25, 0.3) is 0 Å². The van der Waals surface area contributed by atoms with E-state index in [4.69, 9.17) is 0 Å². The number of unbranched alkanes of at least 4 members (excludes halogenated alkanes) is 1. The van der Waals surface area contributed by atoms with E-state index in [1.54, 1.807) is 0 Å². The Balaban J connectivity index is 1.98. The normalized spacial score (nSPS) is 33.4. The van der Waals surface area contributed by atoms with Crippen LogP contribution in [0.5, 0.6) is 0 Å². The van der Waals surface area contributed by atoms with Crippen LogP contribution >= 0.6 is 0 Å². The second-order valence-electron chi connectivity index (χ2n) is 5.89. The van der Waals surface area contributed by atoms with Crippen LogP contribution < -0.4 is 5.32 Å². The molecule has 19 heavy (non-hydrogen) atoms. The number of carbonyl (C=O) groups excluding carboxylic acids is 1. The minimum atomic E-state index is -0.835. The summed E-state index contributed by atoms with van der Waals surface area (Å²) in [6.07, 6.45) is 7.95. The standard InChI is InChI=1S/C15H23NO3/c1-3-4-5-9(2)16-14(17)12-10-6-7-11(8-10)13(12)15(18)19/h6-7,9-13H,3-5,8H2,1-2H3,(H,16,17)(H,18,19). The van der Waals surface area contributed by atoms with Crippen LogP contribution in [-0.4, -0.2) is 23.0 Å². The molecule has 5 unspecified atom stereocenters. The molecule has 2 aliphatic carbocycles. The van der Waals surface area contributed by atoms with Crippen LogP contribution in [0.3, 0.4) is 0 Å². The molecule has 0 spiro atoms. The number of carboxylic acid groups (broad SMARTS) is 1. The van der Waals surface area contributed by atoms with Crippen molar-refractivity contribution in [2.75, 3.05) is 0 Å². The molecule has 2 N–H and O–H groups in total. The zero-order chi connectivity index (χ0) is 14.0. The van der Waals surface area contributed by atoms with Gasteiger partial charge in [0.1, 0.15) is 0 Å². The van der Waals surface area contributed by atoms with Gasteiger partial charge >= 0.3 is 5.97 Å². The van der Waals surface area contributed by atoms with Gasteiger partial charge in [0.05, 0.1) is 11.8 Å². The van der Waals surface area contributed by atoms with Crippen molar-refractivity contribution in [3.63, 3.8) is 0 Å². The zero-order valence-electron chi connectivity index (χ0n) is 11.6. The second-order valence-corrected chi connectivity index (χ2v) is 5.89. The Kier molecular flexibility index (Phi) is 4.27. The summed E-state index contributed by atoms with van der Waals surface area (Å²) in [7, 11) is 0. The van der Waals surface area contributed by atoms with Crippen molar-refractivity contribution in [2.45, 2.75) is 45.6 Å². The van der Waals surface area contributed by atoms with Gasteiger partial charge in [-0.05, 0) is 31.6 Å². The molecule has 0 heterocycles. The summed E-state index contributed by atoms with van der Waals surface area (Å²) in [5.74, 6) is -1.66. The molecule has 106 valence electrons. The van der Waals surface area contributed by atoms with Gasteiger partial charge in [-0.15, -0.1) is 0 Å². The molecular weight excluding hydrogens is 242 g/mol. The molecule has 5 atom stereocenters. The summed E-state index contributed by atoms with van der Waals surface area (Å²) in [4.78, 5) is 23.7. The van der Waals surface area contributed by atoms with Crippen molar-refractivity contribution in [1.29, 1.82) is 0 Å². The van der Waals surface area contributed by atoms with Crippen molar-refractivity contribution >= 4 is 11.9 Å². The SMILES string of the molecule is CCCCC(C)NC(=O)C1C2C=CC(C2)C1C(=O)O. The van der Waals surface area contributed by atoms with Crippen LogP contribution in [-0.2, 0) is 9.59 Å². The predicted octanol–water partition coefficient (Wildman–Crippen LogP) is 2.20. The fraction of sp³-hybridized carbons (Fsp3) is 0.733. The lowest BCUT2D eigenvalue weighted by Gasteiger charge is -2.25. The number of amides is 1. The summed E-state index contributed by atoms with van der Waals surface area (Å²) in [6.45, 7) is 4.11. The van der Waals surface area contributed by atoms with Crippen molar-refractivity contribution in [1.82, 2.24) is 5.32 Å². The molecule has 2 bridgehead atoms. The van der Waals surface area contributed by atoms with E-state index in [0.717, 1.165) is 25.7 Å². The van der Waals surface area contributed by atoms with Gasteiger partial charge in [0.25, 0.3) is 0 Å². The maximum Gasteiger partial charge on any atom is 0.307 e. The van der Waals surface area contributed by atoms with E-state index in [2.05, 4.69) is 12.2 Å². The number of hydrogen-bond acceptors (Lipinski definition) is 2. The Bertz CT molecular complexity index is 391. The minimum Gasteiger partial charge on any atom is -0.481 e. The lowest BCUT2D eigenvalue weighted by atomic mass is 9.82. The topological polar surface area (TPSA) is 66.4 Å². The molecule has 0 aromatic heterocycles. The summed E-state index contributed by atoms with van der Waals surface area (Å²) in [5.41, 5.74) is 0. The van der Waals surface area contributed by atoms with E-state index in [1.807, 2.05) is 19.1 Å². The van der Waals surface area contributed by atoms with Crippen molar-refractivity contribution < 1.29 is 14.7 Å². The Labute approximate surface area is 114 Å². The number of nitrogens with one attached hydrogen (secondary N) is 1. The van der Waals surface area contributed by atoms with Gasteiger partial charge in [0.15, 0.2) is 0 Å². The number of rotatable bonds is 6. The quantitative estimate of drug-likeness (QED) is 0.724. The highest BCUT2D eigenvalue weighted by molar-refractivity contribution is 5.87. The average molecular weight is 265 g/mol. The van der Waals surface area contributed by atoms with Crippen molar-refractivity contribution in [3.05, 3.63) is 12.2 Å². The first-order chi connectivity index (χ1) is 9.04. The molecular formula is C15H23NO3. The van der Waals surface area contributed by atoms with Crippen LogP contribution in [0.4, 0.5) is 0 Å². The fourth-order valence-corrected chi connectivity index (χ4v) is 3.44. The predicted molar refractivity (Wildman–Crippen MR) is 72.5 cm³/mol. The molecule has 1 amide bonds. The van der Waals surface area contributed by atoms with Crippen LogP contribution in [0.1, 0.15) is 39.5 Å². The highest BCUT2D eigenvalue weighted by atomic mass is 16.4. The van der Waals surface area contributed by atoms with Crippen LogP contribution in [0, 0.1) is 23.7 Å². The number of fused-ring (bicyclic) bond motifs is 2. The first-order valence-corrected chi connectivity index (χ1v) is 7.26. The zero-order valence-corrected chi connectivity index (χ0v) is 11.6. The maximum atomic E-state index is 12.3. The molecule has 1 saturated carbocycles. The van der Waals surface area contributed by atoms with Gasteiger partial charge in [-0.1, -0.05) is 31.9 Å². The maximum absolute atomic E-state index is 12.3. The molecule has 0 aromatic carbocycles. The number of allylic oxidation sites excluding steroid dienone is 2. The van der Waals surface area contributed by atoms with Gasteiger partial charge in [0, 0.05) is 6.04 Å². The van der Waals surface area contributed by atoms with Crippen molar-refractivity contribution in [3.8, 4) is 0 Å². The summed E-state index contributed by atoms with van der Waals surface area (Å²) < 4.78 is 0. The summed E-state index contributed by atoms with van der Waals surface area (Å²) in [6, 6.07) is 0.130. The first-order valence-electron chi connectivity index (χ1n) is 7.26. The van der Waals surface area contributed by atoms with Crippen LogP contribution in [0.15, 0.2) is 12.2 Å². The van der Waals surface area contributed by atoms with E-state index in [9.17, 15) is 14.7 Å². The minimum absolute atomic E-state index is 0.0456. The monoisotopic (exact) mass is 265 g/mol. The molecule has 2 rings (SSSR count). The number of hydrogen-bond donors (Lipinski definition) is 2. The lowest BCUT2D eigenvalue weighted by Crippen LogP contribution is -2.43. The number of carbonyl (C=O) groups is 2. The lowest BCUT2D eigenvalue weighted by molar-refractivity contribution is -0.148. The third-order valence-electron chi connectivity index (χ3n) is 4.43. The third kappa shape index (κ3) is 2.82. The van der Waals surface area contributed by atoms with E-state index < -0.39 is 11.9 Å². The number of carboxylic acids is 1. The molecule has 0 radical (unpaired) electrons. The van der Waals surface area contributed by atoms with E-state index >= 15 is 0 Å². The van der Waals surface area contributed by atoms with Gasteiger partial charge in [0.2, 0.25) is 5.91 Å². The average Bonchev–Trinajstić information content (AvgIpc) is 2.95. The molecule has 0 aromatic rings.